The molecule has 1 atom stereocenters. The first kappa shape index (κ1) is 14.7. The molecule has 0 unspecified atom stereocenters. The minimum atomic E-state index is -1.22. The number of amides is 1. The van der Waals surface area contributed by atoms with Gasteiger partial charge in [0.15, 0.2) is 6.10 Å². The highest BCUT2D eigenvalue weighted by Crippen LogP contribution is 2.11. The Bertz CT molecular complexity index is 622. The molecule has 2 N–H and O–H groups in total. The third-order valence-corrected chi connectivity index (χ3v) is 2.79. The molecule has 0 aliphatic rings. The van der Waals surface area contributed by atoms with Crippen LogP contribution < -0.4 is 5.43 Å². The number of hydrogen-bond acceptors (Lipinski definition) is 3. The van der Waals surface area contributed by atoms with Crippen molar-refractivity contribution < 1.29 is 9.90 Å². The Morgan fingerprint density at radius 3 is 2.33 bits per heavy atom. The average Bonchev–Trinajstić information content (AvgIpc) is 2.55. The number of nitrogens with zero attached hydrogens (tertiary/aromatic N) is 1. The lowest BCUT2D eigenvalue weighted by molar-refractivity contribution is -0.129. The highest BCUT2D eigenvalue weighted by molar-refractivity contribution is 5.84. The highest BCUT2D eigenvalue weighted by Gasteiger charge is 2.15. The molecule has 0 bridgehead atoms. The zero-order valence-corrected chi connectivity index (χ0v) is 11.4. The third kappa shape index (κ3) is 4.71. The number of carbonyl (C=O) groups is 1. The van der Waals surface area contributed by atoms with Crippen LogP contribution in [0.2, 0.25) is 0 Å². The Morgan fingerprint density at radius 2 is 1.67 bits per heavy atom. The van der Waals surface area contributed by atoms with Gasteiger partial charge < -0.3 is 5.11 Å². The van der Waals surface area contributed by atoms with Crippen molar-refractivity contribution in [1.29, 1.82) is 0 Å². The predicted molar refractivity (Wildman–Crippen MR) is 83.5 cm³/mol. The fourth-order valence-electron chi connectivity index (χ4n) is 1.71. The number of carbonyl (C=O) groups excluding carboxylic acids is 1. The summed E-state index contributed by atoms with van der Waals surface area (Å²) in [5.74, 6) is -0.564. The second-order valence-electron chi connectivity index (χ2n) is 4.34. The summed E-state index contributed by atoms with van der Waals surface area (Å²) in [5.41, 5.74) is 3.87. The Balaban J connectivity index is 1.84. The van der Waals surface area contributed by atoms with Crippen LogP contribution in [0.25, 0.3) is 6.08 Å². The molecule has 106 valence electrons. The van der Waals surface area contributed by atoms with E-state index in [-0.39, 0.29) is 0 Å². The van der Waals surface area contributed by atoms with Crippen molar-refractivity contribution in [3.8, 4) is 0 Å². The van der Waals surface area contributed by atoms with Gasteiger partial charge in [0.2, 0.25) is 0 Å². The second kappa shape index (κ2) is 7.77. The van der Waals surface area contributed by atoms with E-state index in [0.717, 1.165) is 5.56 Å². The SMILES string of the molecule is O=C(N/N=C\C=C\c1ccccc1)[C@@H](O)c1ccccc1. The molecule has 1 amide bonds. The van der Waals surface area contributed by atoms with Gasteiger partial charge in [0.1, 0.15) is 0 Å². The Labute approximate surface area is 123 Å². The van der Waals surface area contributed by atoms with Crippen molar-refractivity contribution >= 4 is 18.2 Å². The topological polar surface area (TPSA) is 61.7 Å². The molecule has 2 aromatic rings. The van der Waals surface area contributed by atoms with Crippen LogP contribution in [0.4, 0.5) is 0 Å². The fraction of sp³-hybridized carbons (Fsp3) is 0.0588. The Hall–Kier alpha value is -2.72. The van der Waals surface area contributed by atoms with Gasteiger partial charge in [0, 0.05) is 6.21 Å². The predicted octanol–water partition coefficient (Wildman–Crippen LogP) is 2.54. The van der Waals surface area contributed by atoms with Gasteiger partial charge in [0.05, 0.1) is 0 Å². The largest absolute Gasteiger partial charge is 0.378 e. The number of aliphatic hydroxyl groups excluding tert-OH is 1. The zero-order chi connectivity index (χ0) is 14.9. The van der Waals surface area contributed by atoms with Gasteiger partial charge in [-0.1, -0.05) is 66.7 Å². The molecule has 0 fully saturated rings. The van der Waals surface area contributed by atoms with Gasteiger partial charge in [-0.15, -0.1) is 0 Å². The lowest BCUT2D eigenvalue weighted by Crippen LogP contribution is -2.24. The fourth-order valence-corrected chi connectivity index (χ4v) is 1.71. The highest BCUT2D eigenvalue weighted by atomic mass is 16.3. The van der Waals surface area contributed by atoms with Crippen LogP contribution in [-0.2, 0) is 4.79 Å². The smallest absolute Gasteiger partial charge is 0.273 e. The minimum absolute atomic E-state index is 0.532. The molecule has 0 aromatic heterocycles. The van der Waals surface area contributed by atoms with Crippen molar-refractivity contribution in [2.45, 2.75) is 6.10 Å². The summed E-state index contributed by atoms with van der Waals surface area (Å²) in [7, 11) is 0. The summed E-state index contributed by atoms with van der Waals surface area (Å²) >= 11 is 0. The van der Waals surface area contributed by atoms with Crippen molar-refractivity contribution in [1.82, 2.24) is 5.43 Å². The van der Waals surface area contributed by atoms with Crippen LogP contribution in [0.15, 0.2) is 71.8 Å². The molecular weight excluding hydrogens is 264 g/mol. The first-order valence-corrected chi connectivity index (χ1v) is 6.55. The van der Waals surface area contributed by atoms with E-state index in [4.69, 9.17) is 0 Å². The van der Waals surface area contributed by atoms with Gasteiger partial charge in [-0.3, -0.25) is 4.79 Å². The van der Waals surface area contributed by atoms with E-state index in [9.17, 15) is 9.90 Å². The van der Waals surface area contributed by atoms with Crippen LogP contribution in [-0.4, -0.2) is 17.2 Å². The standard InChI is InChI=1S/C17H16N2O2/c20-16(15-11-5-2-6-12-15)17(21)19-18-13-7-10-14-8-3-1-4-9-14/h1-13,16,20H,(H,19,21)/b10-7+,18-13-/t16-/m0/s1. The van der Waals surface area contributed by atoms with Crippen LogP contribution in [0, 0.1) is 0 Å². The van der Waals surface area contributed by atoms with Gasteiger partial charge >= 0.3 is 0 Å². The third-order valence-electron chi connectivity index (χ3n) is 2.79. The van der Waals surface area contributed by atoms with Crippen LogP contribution in [0.1, 0.15) is 17.2 Å². The van der Waals surface area contributed by atoms with E-state index in [1.165, 1.54) is 6.21 Å². The van der Waals surface area contributed by atoms with Gasteiger partial charge in [0.25, 0.3) is 5.91 Å². The summed E-state index contributed by atoms with van der Waals surface area (Å²) in [6, 6.07) is 18.5. The quantitative estimate of drug-likeness (QED) is 0.653. The molecule has 2 rings (SSSR count). The van der Waals surface area contributed by atoms with Gasteiger partial charge in [-0.2, -0.15) is 5.10 Å². The van der Waals surface area contributed by atoms with Gasteiger partial charge in [-0.05, 0) is 17.2 Å². The maximum Gasteiger partial charge on any atom is 0.273 e. The minimum Gasteiger partial charge on any atom is -0.378 e. The average molecular weight is 280 g/mol. The van der Waals surface area contributed by atoms with E-state index in [2.05, 4.69) is 10.5 Å². The van der Waals surface area contributed by atoms with Gasteiger partial charge in [-0.25, -0.2) is 5.43 Å². The van der Waals surface area contributed by atoms with Crippen LogP contribution in [0.3, 0.4) is 0 Å². The molecule has 4 nitrogen and oxygen atoms in total. The summed E-state index contributed by atoms with van der Waals surface area (Å²) in [6.45, 7) is 0. The first-order valence-electron chi connectivity index (χ1n) is 6.55. The van der Waals surface area contributed by atoms with Crippen molar-refractivity contribution in [3.05, 3.63) is 77.9 Å². The molecule has 0 spiro atoms. The van der Waals surface area contributed by atoms with E-state index < -0.39 is 12.0 Å². The van der Waals surface area contributed by atoms with E-state index >= 15 is 0 Å². The monoisotopic (exact) mass is 280 g/mol. The van der Waals surface area contributed by atoms with Crippen molar-refractivity contribution in [2.75, 3.05) is 0 Å². The molecule has 4 heteroatoms. The number of allylic oxidation sites excluding steroid dienone is 1. The molecule has 0 aliphatic carbocycles. The van der Waals surface area contributed by atoms with Crippen molar-refractivity contribution in [2.24, 2.45) is 5.10 Å². The summed E-state index contributed by atoms with van der Waals surface area (Å²) in [4.78, 5) is 11.7. The first-order chi connectivity index (χ1) is 10.3. The van der Waals surface area contributed by atoms with Crippen LogP contribution >= 0.6 is 0 Å². The lowest BCUT2D eigenvalue weighted by Gasteiger charge is -2.08. The number of rotatable bonds is 5. The molecule has 0 aliphatic heterocycles. The number of hydrazone groups is 1. The Morgan fingerprint density at radius 1 is 1.05 bits per heavy atom. The molecule has 2 aromatic carbocycles. The number of hydrogen-bond donors (Lipinski definition) is 2. The molecule has 0 radical (unpaired) electrons. The lowest BCUT2D eigenvalue weighted by atomic mass is 10.1. The van der Waals surface area contributed by atoms with E-state index in [1.807, 2.05) is 42.5 Å². The van der Waals surface area contributed by atoms with E-state index in [1.54, 1.807) is 30.3 Å². The normalized spacial score (nSPS) is 12.6. The molecule has 0 saturated heterocycles. The molecule has 21 heavy (non-hydrogen) atoms. The van der Waals surface area contributed by atoms with Crippen LogP contribution in [0.5, 0.6) is 0 Å². The summed E-state index contributed by atoms with van der Waals surface area (Å²) in [6.07, 6.45) is 3.82. The number of benzene rings is 2. The van der Waals surface area contributed by atoms with E-state index in [0.29, 0.717) is 5.56 Å². The zero-order valence-electron chi connectivity index (χ0n) is 11.4. The Kier molecular flexibility index (Phi) is 5.43. The van der Waals surface area contributed by atoms with Crippen molar-refractivity contribution in [3.63, 3.8) is 0 Å². The molecule has 0 saturated carbocycles. The molecule has 0 heterocycles. The number of nitrogens with one attached hydrogen (secondary N) is 1. The summed E-state index contributed by atoms with van der Waals surface area (Å²) in [5, 5.41) is 13.6. The maximum absolute atomic E-state index is 11.7. The summed E-state index contributed by atoms with van der Waals surface area (Å²) < 4.78 is 0. The second-order valence-corrected chi connectivity index (χ2v) is 4.34. The number of aliphatic hydroxyl groups is 1. The maximum atomic E-state index is 11.7. The molecular formula is C17H16N2O2.